The van der Waals surface area contributed by atoms with Gasteiger partial charge in [0.25, 0.3) is 0 Å². The zero-order chi connectivity index (χ0) is 14.2. The van der Waals surface area contributed by atoms with E-state index in [0.717, 1.165) is 0 Å². The SMILES string of the molecule is O=C(O)C1CCN(S(=O)(=O)c2ccc(Br)c(Cl)c2)C1. The number of sulfonamides is 1. The van der Waals surface area contributed by atoms with Gasteiger partial charge in [-0.05, 0) is 40.5 Å². The Morgan fingerprint density at radius 1 is 1.47 bits per heavy atom. The number of carboxylic acid groups (broad SMARTS) is 1. The van der Waals surface area contributed by atoms with Crippen LogP contribution in [0.15, 0.2) is 27.6 Å². The number of hydrogen-bond donors (Lipinski definition) is 1. The van der Waals surface area contributed by atoms with Crippen molar-refractivity contribution in [2.24, 2.45) is 5.92 Å². The first-order valence-electron chi connectivity index (χ1n) is 5.50. The van der Waals surface area contributed by atoms with E-state index < -0.39 is 21.9 Å². The first-order chi connectivity index (χ1) is 8.82. The minimum atomic E-state index is -3.68. The fraction of sp³-hybridized carbons (Fsp3) is 0.364. The van der Waals surface area contributed by atoms with Crippen molar-refractivity contribution in [1.29, 1.82) is 0 Å². The van der Waals surface area contributed by atoms with E-state index >= 15 is 0 Å². The number of aliphatic carboxylic acids is 1. The summed E-state index contributed by atoms with van der Waals surface area (Å²) in [4.78, 5) is 10.9. The van der Waals surface area contributed by atoms with Crippen LogP contribution in [0.3, 0.4) is 0 Å². The molecule has 8 heteroatoms. The van der Waals surface area contributed by atoms with Crippen LogP contribution >= 0.6 is 27.5 Å². The molecule has 1 aliphatic rings. The molecule has 0 aliphatic carbocycles. The molecule has 0 spiro atoms. The zero-order valence-electron chi connectivity index (χ0n) is 9.71. The molecule has 1 aromatic rings. The molecule has 1 aromatic carbocycles. The van der Waals surface area contributed by atoms with E-state index in [1.807, 2.05) is 0 Å². The highest BCUT2D eigenvalue weighted by molar-refractivity contribution is 9.10. The van der Waals surface area contributed by atoms with Crippen molar-refractivity contribution in [3.8, 4) is 0 Å². The summed E-state index contributed by atoms with van der Waals surface area (Å²) < 4.78 is 26.4. The molecule has 0 amide bonds. The molecule has 2 rings (SSSR count). The summed E-state index contributed by atoms with van der Waals surface area (Å²) >= 11 is 9.07. The molecule has 104 valence electrons. The highest BCUT2D eigenvalue weighted by Crippen LogP contribution is 2.29. The summed E-state index contributed by atoms with van der Waals surface area (Å²) in [6.45, 7) is 0.221. The van der Waals surface area contributed by atoms with Crippen LogP contribution in [0.4, 0.5) is 0 Å². The van der Waals surface area contributed by atoms with Gasteiger partial charge in [-0.1, -0.05) is 11.6 Å². The van der Waals surface area contributed by atoms with Gasteiger partial charge < -0.3 is 5.11 Å². The third-order valence-electron chi connectivity index (χ3n) is 3.03. The van der Waals surface area contributed by atoms with Gasteiger partial charge in [0.2, 0.25) is 10.0 Å². The molecule has 1 N–H and O–H groups in total. The molecule has 0 aromatic heterocycles. The lowest BCUT2D eigenvalue weighted by Crippen LogP contribution is -2.30. The van der Waals surface area contributed by atoms with Gasteiger partial charge in [0.05, 0.1) is 15.8 Å². The quantitative estimate of drug-likeness (QED) is 0.887. The van der Waals surface area contributed by atoms with Gasteiger partial charge in [-0.15, -0.1) is 0 Å². The van der Waals surface area contributed by atoms with Crippen molar-refractivity contribution in [3.63, 3.8) is 0 Å². The van der Waals surface area contributed by atoms with Crippen LogP contribution in [-0.4, -0.2) is 36.9 Å². The van der Waals surface area contributed by atoms with Crippen molar-refractivity contribution < 1.29 is 18.3 Å². The Morgan fingerprint density at radius 2 is 2.16 bits per heavy atom. The van der Waals surface area contributed by atoms with Crippen LogP contribution in [0.2, 0.25) is 5.02 Å². The monoisotopic (exact) mass is 367 g/mol. The maximum atomic E-state index is 12.3. The Bertz CT molecular complexity index is 619. The van der Waals surface area contributed by atoms with Crippen molar-refractivity contribution in [2.45, 2.75) is 11.3 Å². The molecule has 1 atom stereocenters. The zero-order valence-corrected chi connectivity index (χ0v) is 12.9. The average Bonchev–Trinajstić information content (AvgIpc) is 2.82. The van der Waals surface area contributed by atoms with E-state index in [9.17, 15) is 13.2 Å². The van der Waals surface area contributed by atoms with Gasteiger partial charge in [0, 0.05) is 17.6 Å². The fourth-order valence-corrected chi connectivity index (χ4v) is 3.95. The molecule has 0 saturated carbocycles. The third kappa shape index (κ3) is 2.94. The molecule has 1 fully saturated rings. The van der Waals surface area contributed by atoms with E-state index in [0.29, 0.717) is 15.9 Å². The van der Waals surface area contributed by atoms with Gasteiger partial charge in [0.1, 0.15) is 0 Å². The van der Waals surface area contributed by atoms with Crippen molar-refractivity contribution in [2.75, 3.05) is 13.1 Å². The number of halogens is 2. The Kier molecular flexibility index (Phi) is 4.20. The van der Waals surface area contributed by atoms with Crippen molar-refractivity contribution >= 4 is 43.5 Å². The predicted molar refractivity (Wildman–Crippen MR) is 73.7 cm³/mol. The lowest BCUT2D eigenvalue weighted by atomic mass is 10.1. The number of nitrogens with zero attached hydrogens (tertiary/aromatic N) is 1. The number of rotatable bonds is 3. The number of benzene rings is 1. The maximum Gasteiger partial charge on any atom is 0.307 e. The number of hydrogen-bond acceptors (Lipinski definition) is 3. The largest absolute Gasteiger partial charge is 0.481 e. The van der Waals surface area contributed by atoms with Crippen LogP contribution in [0, 0.1) is 5.92 Å². The lowest BCUT2D eigenvalue weighted by Gasteiger charge is -2.16. The second kappa shape index (κ2) is 5.40. The first kappa shape index (κ1) is 14.8. The fourth-order valence-electron chi connectivity index (χ4n) is 1.93. The van der Waals surface area contributed by atoms with Gasteiger partial charge in [0.15, 0.2) is 0 Å². The second-order valence-electron chi connectivity index (χ2n) is 4.26. The molecular formula is C11H11BrClNO4S. The normalized spacial score (nSPS) is 20.6. The number of carbonyl (C=O) groups is 1. The molecule has 19 heavy (non-hydrogen) atoms. The summed E-state index contributed by atoms with van der Waals surface area (Å²) in [5.41, 5.74) is 0. The predicted octanol–water partition coefficient (Wildman–Crippen LogP) is 2.20. The standard InChI is InChI=1S/C11H11BrClNO4S/c12-9-2-1-8(5-10(9)13)19(17,18)14-4-3-7(6-14)11(15)16/h1-2,5,7H,3-4,6H2,(H,15,16). The Balaban J connectivity index is 2.28. The molecule has 5 nitrogen and oxygen atoms in total. The minimum absolute atomic E-state index is 0.00531. The molecule has 1 unspecified atom stereocenters. The molecule has 0 bridgehead atoms. The molecule has 1 aliphatic heterocycles. The highest BCUT2D eigenvalue weighted by Gasteiger charge is 2.35. The van der Waals surface area contributed by atoms with E-state index in [4.69, 9.17) is 16.7 Å². The second-order valence-corrected chi connectivity index (χ2v) is 7.46. The van der Waals surface area contributed by atoms with Crippen molar-refractivity contribution in [1.82, 2.24) is 4.31 Å². The summed E-state index contributed by atoms with van der Waals surface area (Å²) in [5.74, 6) is -1.60. The minimum Gasteiger partial charge on any atom is -0.481 e. The van der Waals surface area contributed by atoms with Gasteiger partial charge in [-0.25, -0.2) is 8.42 Å². The summed E-state index contributed by atoms with van der Waals surface area (Å²) in [6.07, 6.45) is 0.332. The van der Waals surface area contributed by atoms with Crippen LogP contribution in [0.25, 0.3) is 0 Å². The van der Waals surface area contributed by atoms with Gasteiger partial charge in [-0.2, -0.15) is 4.31 Å². The van der Waals surface area contributed by atoms with Crippen LogP contribution in [-0.2, 0) is 14.8 Å². The van der Waals surface area contributed by atoms with E-state index in [1.54, 1.807) is 6.07 Å². The van der Waals surface area contributed by atoms with Gasteiger partial charge >= 0.3 is 5.97 Å². The summed E-state index contributed by atoms with van der Waals surface area (Å²) in [5, 5.41) is 9.20. The Labute approximate surface area is 124 Å². The topological polar surface area (TPSA) is 74.7 Å². The molecule has 0 radical (unpaired) electrons. The average molecular weight is 369 g/mol. The third-order valence-corrected chi connectivity index (χ3v) is 6.12. The molecular weight excluding hydrogens is 358 g/mol. The van der Waals surface area contributed by atoms with Crippen LogP contribution < -0.4 is 0 Å². The Hall–Kier alpha value is -0.630. The van der Waals surface area contributed by atoms with E-state index in [-0.39, 0.29) is 18.0 Å². The van der Waals surface area contributed by atoms with Crippen LogP contribution in [0.1, 0.15) is 6.42 Å². The summed E-state index contributed by atoms with van der Waals surface area (Å²) in [6, 6.07) is 4.36. The Morgan fingerprint density at radius 3 is 2.68 bits per heavy atom. The van der Waals surface area contributed by atoms with Crippen molar-refractivity contribution in [3.05, 3.63) is 27.7 Å². The highest BCUT2D eigenvalue weighted by atomic mass is 79.9. The van der Waals surface area contributed by atoms with Gasteiger partial charge in [-0.3, -0.25) is 4.79 Å². The first-order valence-corrected chi connectivity index (χ1v) is 8.11. The lowest BCUT2D eigenvalue weighted by molar-refractivity contribution is -0.141. The maximum absolute atomic E-state index is 12.3. The molecule has 1 saturated heterocycles. The number of carboxylic acids is 1. The van der Waals surface area contributed by atoms with E-state index in [1.165, 1.54) is 16.4 Å². The van der Waals surface area contributed by atoms with E-state index in [2.05, 4.69) is 15.9 Å². The molecule has 1 heterocycles. The van der Waals surface area contributed by atoms with Crippen LogP contribution in [0.5, 0.6) is 0 Å². The summed E-state index contributed by atoms with van der Waals surface area (Å²) in [7, 11) is -3.68. The smallest absolute Gasteiger partial charge is 0.307 e.